The van der Waals surface area contributed by atoms with Crippen molar-refractivity contribution in [2.75, 3.05) is 19.8 Å². The van der Waals surface area contributed by atoms with Crippen LogP contribution in [-0.4, -0.2) is 48.3 Å². The van der Waals surface area contributed by atoms with Crippen molar-refractivity contribution in [2.24, 2.45) is 0 Å². The smallest absolute Gasteiger partial charge is 0.0807 e. The summed E-state index contributed by atoms with van der Waals surface area (Å²) in [6.45, 7) is 6.80. The quantitative estimate of drug-likeness (QED) is 0.599. The van der Waals surface area contributed by atoms with E-state index >= 15 is 0 Å². The highest BCUT2D eigenvalue weighted by molar-refractivity contribution is 4.59. The average molecular weight is 234 g/mol. The molecule has 0 rings (SSSR count). The molecular formula is C12H26O4. The molecule has 0 aliphatic carbocycles. The van der Waals surface area contributed by atoms with E-state index in [0.29, 0.717) is 19.6 Å². The molecule has 0 fully saturated rings. The first-order valence-corrected chi connectivity index (χ1v) is 6.19. The number of aliphatic hydroxyl groups excluding tert-OH is 2. The summed E-state index contributed by atoms with van der Waals surface area (Å²) in [7, 11) is 0. The van der Waals surface area contributed by atoms with Crippen molar-refractivity contribution in [3.05, 3.63) is 0 Å². The van der Waals surface area contributed by atoms with Crippen LogP contribution in [0.4, 0.5) is 0 Å². The monoisotopic (exact) mass is 234 g/mol. The molecule has 0 radical (unpaired) electrons. The van der Waals surface area contributed by atoms with Crippen LogP contribution in [0.2, 0.25) is 0 Å². The Kier molecular flexibility index (Phi) is 9.92. The maximum absolute atomic E-state index is 9.37. The Morgan fingerprint density at radius 3 is 1.88 bits per heavy atom. The molecule has 0 aromatic carbocycles. The minimum absolute atomic E-state index is 0.00167. The summed E-state index contributed by atoms with van der Waals surface area (Å²) in [5.41, 5.74) is 0. The Balaban J connectivity index is 3.73. The van der Waals surface area contributed by atoms with Crippen LogP contribution < -0.4 is 0 Å². The fraction of sp³-hybridized carbons (Fsp3) is 1.00. The molecule has 0 bridgehead atoms. The van der Waals surface area contributed by atoms with E-state index in [1.54, 1.807) is 0 Å². The SMILES string of the molecule is CCC(O)COC(CC)COC(CC)CO. The van der Waals surface area contributed by atoms with E-state index in [-0.39, 0.29) is 18.8 Å². The number of rotatable bonds is 10. The van der Waals surface area contributed by atoms with E-state index in [4.69, 9.17) is 14.6 Å². The molecule has 2 N–H and O–H groups in total. The van der Waals surface area contributed by atoms with Gasteiger partial charge in [-0.25, -0.2) is 0 Å². The lowest BCUT2D eigenvalue weighted by atomic mass is 10.2. The molecule has 4 heteroatoms. The van der Waals surface area contributed by atoms with Crippen LogP contribution >= 0.6 is 0 Å². The van der Waals surface area contributed by atoms with Gasteiger partial charge in [0.25, 0.3) is 0 Å². The summed E-state index contributed by atoms with van der Waals surface area (Å²) < 4.78 is 11.0. The second kappa shape index (κ2) is 10.0. The molecule has 0 aromatic heterocycles. The van der Waals surface area contributed by atoms with Gasteiger partial charge in [-0.2, -0.15) is 0 Å². The lowest BCUT2D eigenvalue weighted by Gasteiger charge is -2.21. The van der Waals surface area contributed by atoms with Crippen molar-refractivity contribution in [1.82, 2.24) is 0 Å². The van der Waals surface area contributed by atoms with Crippen molar-refractivity contribution in [1.29, 1.82) is 0 Å². The van der Waals surface area contributed by atoms with E-state index < -0.39 is 6.10 Å². The van der Waals surface area contributed by atoms with Gasteiger partial charge in [0.1, 0.15) is 0 Å². The Hall–Kier alpha value is -0.160. The molecule has 0 saturated heterocycles. The molecule has 0 spiro atoms. The van der Waals surface area contributed by atoms with Gasteiger partial charge >= 0.3 is 0 Å². The summed E-state index contributed by atoms with van der Waals surface area (Å²) >= 11 is 0. The zero-order valence-corrected chi connectivity index (χ0v) is 10.7. The average Bonchev–Trinajstić information content (AvgIpc) is 2.33. The number of hydrogen-bond donors (Lipinski definition) is 2. The van der Waals surface area contributed by atoms with Gasteiger partial charge in [-0.1, -0.05) is 20.8 Å². The number of hydrogen-bond acceptors (Lipinski definition) is 4. The standard InChI is InChI=1S/C12H26O4/c1-4-10(14)8-15-12(6-3)9-16-11(5-2)7-13/h10-14H,4-9H2,1-3H3. The fourth-order valence-corrected chi connectivity index (χ4v) is 1.19. The van der Waals surface area contributed by atoms with Crippen molar-refractivity contribution in [2.45, 2.75) is 58.3 Å². The molecule has 0 amide bonds. The zero-order valence-electron chi connectivity index (χ0n) is 10.7. The van der Waals surface area contributed by atoms with Crippen LogP contribution in [0.15, 0.2) is 0 Å². The molecule has 3 atom stereocenters. The van der Waals surface area contributed by atoms with Crippen molar-refractivity contribution in [3.63, 3.8) is 0 Å². The lowest BCUT2D eigenvalue weighted by molar-refractivity contribution is -0.0773. The summed E-state index contributed by atoms with van der Waals surface area (Å²) in [4.78, 5) is 0. The summed E-state index contributed by atoms with van der Waals surface area (Å²) in [6.07, 6.45) is 1.85. The number of ether oxygens (including phenoxy) is 2. The van der Waals surface area contributed by atoms with Crippen LogP contribution in [-0.2, 0) is 9.47 Å². The largest absolute Gasteiger partial charge is 0.394 e. The molecule has 4 nitrogen and oxygen atoms in total. The lowest BCUT2D eigenvalue weighted by Crippen LogP contribution is -2.28. The van der Waals surface area contributed by atoms with Gasteiger partial charge in [0.15, 0.2) is 0 Å². The van der Waals surface area contributed by atoms with Gasteiger partial charge in [-0.15, -0.1) is 0 Å². The maximum Gasteiger partial charge on any atom is 0.0807 e. The Bertz CT molecular complexity index is 148. The molecule has 98 valence electrons. The highest BCUT2D eigenvalue weighted by atomic mass is 16.5. The van der Waals surface area contributed by atoms with Gasteiger partial charge in [-0.3, -0.25) is 0 Å². The molecular weight excluding hydrogens is 208 g/mol. The summed E-state index contributed by atoms with van der Waals surface area (Å²) in [6, 6.07) is 0. The minimum Gasteiger partial charge on any atom is -0.394 e. The fourth-order valence-electron chi connectivity index (χ4n) is 1.19. The molecule has 0 aliphatic rings. The summed E-state index contributed by atoms with van der Waals surface area (Å²) in [5, 5.41) is 18.3. The topological polar surface area (TPSA) is 58.9 Å². The second-order valence-corrected chi connectivity index (χ2v) is 3.97. The second-order valence-electron chi connectivity index (χ2n) is 3.97. The van der Waals surface area contributed by atoms with Crippen molar-refractivity contribution >= 4 is 0 Å². The van der Waals surface area contributed by atoms with E-state index in [0.717, 1.165) is 12.8 Å². The van der Waals surface area contributed by atoms with E-state index in [1.807, 2.05) is 20.8 Å². The van der Waals surface area contributed by atoms with Gasteiger partial charge in [-0.05, 0) is 19.3 Å². The van der Waals surface area contributed by atoms with Crippen LogP contribution in [0.25, 0.3) is 0 Å². The van der Waals surface area contributed by atoms with Gasteiger partial charge in [0.2, 0.25) is 0 Å². The van der Waals surface area contributed by atoms with Gasteiger partial charge in [0.05, 0.1) is 38.1 Å². The zero-order chi connectivity index (χ0) is 12.4. The third kappa shape index (κ3) is 7.17. The van der Waals surface area contributed by atoms with Crippen LogP contribution in [0.3, 0.4) is 0 Å². The predicted molar refractivity (Wildman–Crippen MR) is 63.4 cm³/mol. The first-order chi connectivity index (χ1) is 7.67. The van der Waals surface area contributed by atoms with Crippen LogP contribution in [0.1, 0.15) is 40.0 Å². The molecule has 16 heavy (non-hydrogen) atoms. The molecule has 0 saturated carbocycles. The Labute approximate surface area is 98.6 Å². The van der Waals surface area contributed by atoms with Crippen molar-refractivity contribution < 1.29 is 19.7 Å². The molecule has 0 heterocycles. The van der Waals surface area contributed by atoms with E-state index in [9.17, 15) is 5.11 Å². The maximum atomic E-state index is 9.37. The summed E-state index contributed by atoms with van der Waals surface area (Å²) in [5.74, 6) is 0. The molecule has 0 aromatic rings. The molecule has 0 aliphatic heterocycles. The van der Waals surface area contributed by atoms with Crippen molar-refractivity contribution in [3.8, 4) is 0 Å². The van der Waals surface area contributed by atoms with Crippen LogP contribution in [0, 0.1) is 0 Å². The Morgan fingerprint density at radius 1 is 0.875 bits per heavy atom. The first kappa shape index (κ1) is 15.8. The van der Waals surface area contributed by atoms with E-state index in [2.05, 4.69) is 0 Å². The van der Waals surface area contributed by atoms with Gasteiger partial charge < -0.3 is 19.7 Å². The normalized spacial score (nSPS) is 17.1. The van der Waals surface area contributed by atoms with Crippen LogP contribution in [0.5, 0.6) is 0 Å². The van der Waals surface area contributed by atoms with Gasteiger partial charge in [0, 0.05) is 0 Å². The van der Waals surface area contributed by atoms with E-state index in [1.165, 1.54) is 0 Å². The highest BCUT2D eigenvalue weighted by Gasteiger charge is 2.12. The highest BCUT2D eigenvalue weighted by Crippen LogP contribution is 2.05. The minimum atomic E-state index is -0.395. The predicted octanol–water partition coefficient (Wildman–Crippen LogP) is 1.34. The Morgan fingerprint density at radius 2 is 1.44 bits per heavy atom. The number of aliphatic hydroxyl groups is 2. The molecule has 3 unspecified atom stereocenters. The third-order valence-corrected chi connectivity index (χ3v) is 2.63. The first-order valence-electron chi connectivity index (χ1n) is 6.19. The third-order valence-electron chi connectivity index (χ3n) is 2.63.